The number of hydrogen-bond donors (Lipinski definition) is 2. The first kappa shape index (κ1) is 19.2. The highest BCUT2D eigenvalue weighted by Crippen LogP contribution is 2.28. The molecule has 0 fully saturated rings. The number of rotatable bonds is 5. The van der Waals surface area contributed by atoms with Crippen molar-refractivity contribution < 1.29 is 9.59 Å². The van der Waals surface area contributed by atoms with Gasteiger partial charge in [-0.05, 0) is 55.0 Å². The molecule has 0 aliphatic rings. The van der Waals surface area contributed by atoms with Crippen LogP contribution in [0, 0.1) is 6.92 Å². The van der Waals surface area contributed by atoms with Crippen LogP contribution in [0.3, 0.4) is 0 Å². The molecule has 0 saturated carbocycles. The first-order chi connectivity index (χ1) is 13.5. The topological polar surface area (TPSA) is 61.4 Å². The fraction of sp³-hybridized carbons (Fsp3) is 0.130. The molecule has 2 N–H and O–H groups in total. The van der Waals surface area contributed by atoms with E-state index in [9.17, 15) is 9.59 Å². The summed E-state index contributed by atoms with van der Waals surface area (Å²) < 4.78 is 0. The number of anilines is 3. The van der Waals surface area contributed by atoms with Crippen LogP contribution < -0.4 is 15.5 Å². The second kappa shape index (κ2) is 8.39. The van der Waals surface area contributed by atoms with Gasteiger partial charge in [0.1, 0.15) is 0 Å². The van der Waals surface area contributed by atoms with Crippen LogP contribution in [0.1, 0.15) is 26.3 Å². The number of carbonyl (C=O) groups is 2. The van der Waals surface area contributed by atoms with Crippen molar-refractivity contribution in [3.05, 3.63) is 89.5 Å². The van der Waals surface area contributed by atoms with Gasteiger partial charge in [-0.1, -0.05) is 30.3 Å². The highest BCUT2D eigenvalue weighted by atomic mass is 16.2. The molecule has 0 aliphatic carbocycles. The third-order valence-corrected chi connectivity index (χ3v) is 4.62. The predicted molar refractivity (Wildman–Crippen MR) is 113 cm³/mol. The van der Waals surface area contributed by atoms with Crippen LogP contribution >= 0.6 is 0 Å². The van der Waals surface area contributed by atoms with Gasteiger partial charge in [-0.2, -0.15) is 0 Å². The third-order valence-electron chi connectivity index (χ3n) is 4.62. The van der Waals surface area contributed by atoms with E-state index in [2.05, 4.69) is 10.6 Å². The molecule has 0 heterocycles. The van der Waals surface area contributed by atoms with Gasteiger partial charge in [0, 0.05) is 31.0 Å². The summed E-state index contributed by atoms with van der Waals surface area (Å²) in [5.74, 6) is -0.356. The maximum Gasteiger partial charge on any atom is 0.257 e. The quantitative estimate of drug-likeness (QED) is 0.698. The number of carbonyl (C=O) groups excluding carboxylic acids is 2. The molecule has 3 aromatic rings. The maximum absolute atomic E-state index is 13.0. The lowest BCUT2D eigenvalue weighted by Crippen LogP contribution is -2.20. The van der Waals surface area contributed by atoms with Crippen molar-refractivity contribution >= 4 is 28.9 Å². The lowest BCUT2D eigenvalue weighted by molar-refractivity contribution is 0.0962. The molecular weight excluding hydrogens is 350 g/mol. The van der Waals surface area contributed by atoms with Crippen LogP contribution in [0.5, 0.6) is 0 Å². The molecule has 28 heavy (non-hydrogen) atoms. The summed E-state index contributed by atoms with van der Waals surface area (Å²) >= 11 is 0. The Balaban J connectivity index is 1.87. The van der Waals surface area contributed by atoms with E-state index in [1.807, 2.05) is 67.4 Å². The molecule has 2 amide bonds. The van der Waals surface area contributed by atoms with Crippen LogP contribution in [0.25, 0.3) is 0 Å². The van der Waals surface area contributed by atoms with Gasteiger partial charge in [0.15, 0.2) is 0 Å². The van der Waals surface area contributed by atoms with E-state index in [1.165, 1.54) is 0 Å². The van der Waals surface area contributed by atoms with Gasteiger partial charge < -0.3 is 15.5 Å². The number of benzene rings is 3. The van der Waals surface area contributed by atoms with Crippen molar-refractivity contribution in [3.8, 4) is 0 Å². The van der Waals surface area contributed by atoms with Gasteiger partial charge in [-0.15, -0.1) is 0 Å². The molecule has 5 nitrogen and oxygen atoms in total. The van der Waals surface area contributed by atoms with Crippen molar-refractivity contribution in [1.29, 1.82) is 0 Å². The minimum Gasteiger partial charge on any atom is -0.355 e. The Labute approximate surface area is 165 Å². The van der Waals surface area contributed by atoms with Crippen molar-refractivity contribution in [2.75, 3.05) is 24.3 Å². The minimum atomic E-state index is -0.200. The molecule has 0 aromatic heterocycles. The molecule has 0 aliphatic heterocycles. The normalized spacial score (nSPS) is 10.2. The highest BCUT2D eigenvalue weighted by molar-refractivity contribution is 6.09. The monoisotopic (exact) mass is 373 g/mol. The van der Waals surface area contributed by atoms with Gasteiger partial charge >= 0.3 is 0 Å². The first-order valence-corrected chi connectivity index (χ1v) is 9.03. The summed E-state index contributed by atoms with van der Waals surface area (Å²) in [4.78, 5) is 26.7. The van der Waals surface area contributed by atoms with E-state index in [0.29, 0.717) is 16.8 Å². The summed E-state index contributed by atoms with van der Waals surface area (Å²) in [7, 11) is 3.53. The molecule has 3 aromatic carbocycles. The Hall–Kier alpha value is -3.60. The molecule has 3 rings (SSSR count). The fourth-order valence-electron chi connectivity index (χ4n) is 3.03. The van der Waals surface area contributed by atoms with Crippen molar-refractivity contribution in [3.63, 3.8) is 0 Å². The van der Waals surface area contributed by atoms with E-state index in [0.717, 1.165) is 16.9 Å². The van der Waals surface area contributed by atoms with Crippen molar-refractivity contribution in [2.24, 2.45) is 0 Å². The minimum absolute atomic E-state index is 0.157. The second-order valence-electron chi connectivity index (χ2n) is 6.47. The summed E-state index contributed by atoms with van der Waals surface area (Å²) in [6.45, 7) is 1.87. The zero-order valence-electron chi connectivity index (χ0n) is 16.2. The molecule has 0 unspecified atom stereocenters. The van der Waals surface area contributed by atoms with Gasteiger partial charge in [-0.25, -0.2) is 0 Å². The summed E-state index contributed by atoms with van der Waals surface area (Å²) in [5.41, 5.74) is 4.43. The predicted octanol–water partition coefficient (Wildman–Crippen LogP) is 4.37. The zero-order chi connectivity index (χ0) is 20.1. The SMILES string of the molecule is CNC(=O)c1ccc(NC(=O)c2ccccc2N(C)c2ccccc2)c(C)c1. The summed E-state index contributed by atoms with van der Waals surface area (Å²) in [5, 5.41) is 5.56. The van der Waals surface area contributed by atoms with Gasteiger partial charge in [0.2, 0.25) is 0 Å². The van der Waals surface area contributed by atoms with Gasteiger partial charge in [0.05, 0.1) is 11.3 Å². The van der Waals surface area contributed by atoms with Crippen molar-refractivity contribution in [1.82, 2.24) is 5.32 Å². The number of nitrogens with one attached hydrogen (secondary N) is 2. The summed E-state index contributed by atoms with van der Waals surface area (Å²) in [6.07, 6.45) is 0. The number of amides is 2. The Morgan fingerprint density at radius 2 is 1.54 bits per heavy atom. The van der Waals surface area contributed by atoms with Crippen LogP contribution in [0.15, 0.2) is 72.8 Å². The molecule has 5 heteroatoms. The highest BCUT2D eigenvalue weighted by Gasteiger charge is 2.16. The van der Waals surface area contributed by atoms with Gasteiger partial charge in [-0.3, -0.25) is 9.59 Å². The Morgan fingerprint density at radius 3 is 2.21 bits per heavy atom. The third kappa shape index (κ3) is 4.04. The molecule has 0 bridgehead atoms. The average molecular weight is 373 g/mol. The Kier molecular flexibility index (Phi) is 5.75. The summed E-state index contributed by atoms with van der Waals surface area (Å²) in [6, 6.07) is 22.6. The van der Waals surface area contributed by atoms with E-state index in [-0.39, 0.29) is 11.8 Å². The first-order valence-electron chi connectivity index (χ1n) is 9.03. The number of para-hydroxylation sites is 2. The van der Waals surface area contributed by atoms with E-state index in [4.69, 9.17) is 0 Å². The van der Waals surface area contributed by atoms with Crippen molar-refractivity contribution in [2.45, 2.75) is 6.92 Å². The fourth-order valence-corrected chi connectivity index (χ4v) is 3.03. The maximum atomic E-state index is 13.0. The average Bonchev–Trinajstić information content (AvgIpc) is 2.74. The molecule has 0 spiro atoms. The molecule has 0 atom stereocenters. The van der Waals surface area contributed by atoms with E-state index >= 15 is 0 Å². The smallest absolute Gasteiger partial charge is 0.257 e. The molecular formula is C23H23N3O2. The largest absolute Gasteiger partial charge is 0.355 e. The zero-order valence-corrected chi connectivity index (χ0v) is 16.2. The lowest BCUT2D eigenvalue weighted by Gasteiger charge is -2.22. The van der Waals surface area contributed by atoms with Gasteiger partial charge in [0.25, 0.3) is 11.8 Å². The number of hydrogen-bond acceptors (Lipinski definition) is 3. The molecule has 0 saturated heterocycles. The van der Waals surface area contributed by atoms with E-state index < -0.39 is 0 Å². The Morgan fingerprint density at radius 1 is 0.857 bits per heavy atom. The molecule has 142 valence electrons. The van der Waals surface area contributed by atoms with Crippen LogP contribution in [0.4, 0.5) is 17.1 Å². The van der Waals surface area contributed by atoms with Crippen LogP contribution in [0.2, 0.25) is 0 Å². The number of aryl methyl sites for hydroxylation is 1. The standard InChI is InChI=1S/C23H23N3O2/c1-16-15-17(22(27)24-2)13-14-20(16)25-23(28)19-11-7-8-12-21(19)26(3)18-9-5-4-6-10-18/h4-15H,1-3H3,(H,24,27)(H,25,28). The van der Waals surface area contributed by atoms with Crippen LogP contribution in [-0.2, 0) is 0 Å². The van der Waals surface area contributed by atoms with E-state index in [1.54, 1.807) is 31.3 Å². The number of nitrogens with zero attached hydrogens (tertiary/aromatic N) is 1. The molecule has 0 radical (unpaired) electrons. The lowest BCUT2D eigenvalue weighted by atomic mass is 10.1. The Bertz CT molecular complexity index is 1000. The second-order valence-corrected chi connectivity index (χ2v) is 6.47. The van der Waals surface area contributed by atoms with Crippen LogP contribution in [-0.4, -0.2) is 25.9 Å².